The number of anilines is 2. The topological polar surface area (TPSA) is 138 Å². The van der Waals surface area contributed by atoms with Crippen molar-refractivity contribution >= 4 is 39.3 Å². The van der Waals surface area contributed by atoms with E-state index in [2.05, 4.69) is 31.1 Å². The summed E-state index contributed by atoms with van der Waals surface area (Å²) in [6.07, 6.45) is 3.16. The lowest BCUT2D eigenvalue weighted by molar-refractivity contribution is -0.115. The molecule has 0 aliphatic heterocycles. The second-order valence-electron chi connectivity index (χ2n) is 8.16. The zero-order chi connectivity index (χ0) is 25.0. The number of sulfonamides is 1. The van der Waals surface area contributed by atoms with Gasteiger partial charge in [-0.25, -0.2) is 28.1 Å². The van der Waals surface area contributed by atoms with Gasteiger partial charge in [-0.15, -0.1) is 11.8 Å². The Kier molecular flexibility index (Phi) is 7.33. The zero-order valence-electron chi connectivity index (χ0n) is 19.3. The highest BCUT2D eigenvalue weighted by atomic mass is 32.2. The van der Waals surface area contributed by atoms with Crippen LogP contribution in [0.4, 0.5) is 11.6 Å². The molecule has 0 fully saturated rings. The molecule has 35 heavy (non-hydrogen) atoms. The van der Waals surface area contributed by atoms with Crippen LogP contribution >= 0.6 is 11.8 Å². The van der Waals surface area contributed by atoms with Crippen LogP contribution in [0.2, 0.25) is 0 Å². The van der Waals surface area contributed by atoms with Crippen molar-refractivity contribution in [1.29, 1.82) is 5.26 Å². The van der Waals surface area contributed by atoms with Gasteiger partial charge in [-0.2, -0.15) is 5.26 Å². The Bertz CT molecular complexity index is 1400. The first-order valence-corrected chi connectivity index (χ1v) is 13.5. The molecule has 4 rings (SSSR count). The Balaban J connectivity index is 1.32. The Morgan fingerprint density at radius 3 is 2.49 bits per heavy atom. The molecular formula is C24H24N6O3S2. The van der Waals surface area contributed by atoms with Gasteiger partial charge in [0.05, 0.1) is 10.5 Å². The SMILES string of the molecule is Cc1cc(C)nc(NS(=O)(=O)c2ccc(NC(=O)CCSc3nc4c(cc3C#N)CCC4)cc2)n1. The maximum atomic E-state index is 12.6. The predicted octanol–water partition coefficient (Wildman–Crippen LogP) is 3.77. The number of benzene rings is 1. The Hall–Kier alpha value is -3.49. The molecule has 0 saturated heterocycles. The standard InChI is InChI=1S/C24H24N6O3S2/c1-15-12-16(2)27-24(26-15)30-35(32,33)20-8-6-19(7-9-20)28-22(31)10-11-34-23-18(14-25)13-17-4-3-5-21(17)29-23/h6-9,12-13H,3-5,10-11H2,1-2H3,(H,28,31)(H,26,27,30). The maximum absolute atomic E-state index is 12.6. The first-order chi connectivity index (χ1) is 16.7. The van der Waals surface area contributed by atoms with Crippen LogP contribution in [0.5, 0.6) is 0 Å². The van der Waals surface area contributed by atoms with Crippen molar-refractivity contribution in [2.45, 2.75) is 49.5 Å². The summed E-state index contributed by atoms with van der Waals surface area (Å²) < 4.78 is 27.7. The summed E-state index contributed by atoms with van der Waals surface area (Å²) in [6.45, 7) is 3.51. The van der Waals surface area contributed by atoms with Gasteiger partial charge >= 0.3 is 0 Å². The van der Waals surface area contributed by atoms with E-state index in [-0.39, 0.29) is 23.2 Å². The van der Waals surface area contributed by atoms with E-state index in [0.717, 1.165) is 30.5 Å². The molecule has 1 aliphatic rings. The number of hydrogen-bond acceptors (Lipinski definition) is 8. The molecule has 180 valence electrons. The van der Waals surface area contributed by atoms with E-state index in [4.69, 9.17) is 0 Å². The van der Waals surface area contributed by atoms with Crippen LogP contribution in [0, 0.1) is 25.2 Å². The molecule has 0 atom stereocenters. The minimum atomic E-state index is -3.87. The van der Waals surface area contributed by atoms with Gasteiger partial charge < -0.3 is 5.32 Å². The van der Waals surface area contributed by atoms with Crippen LogP contribution in [-0.2, 0) is 27.7 Å². The van der Waals surface area contributed by atoms with Crippen LogP contribution in [0.25, 0.3) is 0 Å². The van der Waals surface area contributed by atoms with Crippen LogP contribution < -0.4 is 10.0 Å². The average Bonchev–Trinajstić information content (AvgIpc) is 3.25. The zero-order valence-corrected chi connectivity index (χ0v) is 21.0. The van der Waals surface area contributed by atoms with Crippen LogP contribution in [-0.4, -0.2) is 35.0 Å². The molecule has 0 spiro atoms. The fourth-order valence-corrected chi connectivity index (χ4v) is 5.63. The Morgan fingerprint density at radius 2 is 1.80 bits per heavy atom. The lowest BCUT2D eigenvalue weighted by atomic mass is 10.2. The molecule has 2 heterocycles. The number of pyridine rings is 1. The lowest BCUT2D eigenvalue weighted by Crippen LogP contribution is -2.16. The van der Waals surface area contributed by atoms with E-state index in [1.54, 1.807) is 19.9 Å². The van der Waals surface area contributed by atoms with Gasteiger partial charge in [0.25, 0.3) is 10.0 Å². The van der Waals surface area contributed by atoms with Crippen LogP contribution in [0.1, 0.15) is 41.1 Å². The number of aryl methyl sites for hydroxylation is 4. The Morgan fingerprint density at radius 1 is 1.09 bits per heavy atom. The number of fused-ring (bicyclic) bond motifs is 1. The normalized spacial score (nSPS) is 12.6. The second-order valence-corrected chi connectivity index (χ2v) is 10.9. The van der Waals surface area contributed by atoms with Gasteiger partial charge in [0.15, 0.2) is 0 Å². The van der Waals surface area contributed by atoms with Crippen LogP contribution in [0.3, 0.4) is 0 Å². The van der Waals surface area contributed by atoms with E-state index in [1.165, 1.54) is 36.0 Å². The summed E-state index contributed by atoms with van der Waals surface area (Å²) in [6, 6.07) is 11.7. The number of amides is 1. The molecule has 0 bridgehead atoms. The number of thioether (sulfide) groups is 1. The van der Waals surface area contributed by atoms with Crippen LogP contribution in [0.15, 0.2) is 46.3 Å². The van der Waals surface area contributed by atoms with Gasteiger partial charge in [-0.05, 0) is 75.1 Å². The largest absolute Gasteiger partial charge is 0.326 e. The number of hydrogen-bond donors (Lipinski definition) is 2. The van der Waals surface area contributed by atoms with E-state index < -0.39 is 10.0 Å². The molecule has 0 radical (unpaired) electrons. The van der Waals surface area contributed by atoms with Crippen molar-refractivity contribution in [2.75, 3.05) is 15.8 Å². The van der Waals surface area contributed by atoms with E-state index in [1.807, 2.05) is 6.07 Å². The predicted molar refractivity (Wildman–Crippen MR) is 134 cm³/mol. The first kappa shape index (κ1) is 24.6. The number of nitrogens with one attached hydrogen (secondary N) is 2. The van der Waals surface area contributed by atoms with Crippen molar-refractivity contribution in [3.63, 3.8) is 0 Å². The van der Waals surface area contributed by atoms with E-state index in [0.29, 0.717) is 33.4 Å². The summed E-state index contributed by atoms with van der Waals surface area (Å²) >= 11 is 1.39. The molecule has 9 nitrogen and oxygen atoms in total. The molecule has 1 aliphatic carbocycles. The number of carbonyl (C=O) groups is 1. The number of nitrogens with zero attached hydrogens (tertiary/aromatic N) is 4. The third-order valence-electron chi connectivity index (χ3n) is 5.36. The molecule has 2 aromatic heterocycles. The van der Waals surface area contributed by atoms with Crippen molar-refractivity contribution in [3.05, 3.63) is 64.6 Å². The maximum Gasteiger partial charge on any atom is 0.264 e. The third kappa shape index (κ3) is 6.15. The fraction of sp³-hybridized carbons (Fsp3) is 0.292. The molecule has 2 N–H and O–H groups in total. The van der Waals surface area contributed by atoms with Crippen molar-refractivity contribution in [3.8, 4) is 6.07 Å². The van der Waals surface area contributed by atoms with Crippen molar-refractivity contribution in [1.82, 2.24) is 15.0 Å². The second kappa shape index (κ2) is 10.4. The fourth-order valence-electron chi connectivity index (χ4n) is 3.78. The smallest absolute Gasteiger partial charge is 0.264 e. The highest BCUT2D eigenvalue weighted by Crippen LogP contribution is 2.28. The lowest BCUT2D eigenvalue weighted by Gasteiger charge is -2.10. The molecule has 3 aromatic rings. The molecule has 1 amide bonds. The minimum absolute atomic E-state index is 0.00907. The molecule has 11 heteroatoms. The summed E-state index contributed by atoms with van der Waals surface area (Å²) in [5, 5.41) is 12.8. The Labute approximate surface area is 208 Å². The molecule has 0 unspecified atom stereocenters. The number of nitriles is 1. The number of aromatic nitrogens is 3. The van der Waals surface area contributed by atoms with Crippen molar-refractivity contribution < 1.29 is 13.2 Å². The highest BCUT2D eigenvalue weighted by Gasteiger charge is 2.18. The van der Waals surface area contributed by atoms with Gasteiger partial charge in [-0.3, -0.25) is 4.79 Å². The van der Waals surface area contributed by atoms with Gasteiger partial charge in [0.2, 0.25) is 11.9 Å². The number of carbonyl (C=O) groups excluding carboxylic acids is 1. The quantitative estimate of drug-likeness (QED) is 0.439. The number of rotatable bonds is 8. The summed E-state index contributed by atoms with van der Waals surface area (Å²) in [5.41, 5.74) is 4.53. The minimum Gasteiger partial charge on any atom is -0.326 e. The monoisotopic (exact) mass is 508 g/mol. The average molecular weight is 509 g/mol. The summed E-state index contributed by atoms with van der Waals surface area (Å²) in [4.78, 5) is 25.2. The van der Waals surface area contributed by atoms with Gasteiger partial charge in [0.1, 0.15) is 11.1 Å². The van der Waals surface area contributed by atoms with Gasteiger partial charge in [0, 0.05) is 34.9 Å². The van der Waals surface area contributed by atoms with E-state index in [9.17, 15) is 18.5 Å². The molecule has 0 saturated carbocycles. The summed E-state index contributed by atoms with van der Waals surface area (Å²) in [5.74, 6) is 0.267. The summed E-state index contributed by atoms with van der Waals surface area (Å²) in [7, 11) is -3.87. The van der Waals surface area contributed by atoms with Crippen molar-refractivity contribution in [2.24, 2.45) is 0 Å². The highest BCUT2D eigenvalue weighted by molar-refractivity contribution is 7.99. The molecule has 1 aromatic carbocycles. The molecular weight excluding hydrogens is 484 g/mol. The van der Waals surface area contributed by atoms with E-state index >= 15 is 0 Å². The van der Waals surface area contributed by atoms with Gasteiger partial charge in [-0.1, -0.05) is 0 Å². The third-order valence-corrected chi connectivity index (χ3v) is 7.70. The first-order valence-electron chi connectivity index (χ1n) is 11.0.